The summed E-state index contributed by atoms with van der Waals surface area (Å²) in [5, 5.41) is 12.8. The van der Waals surface area contributed by atoms with Crippen LogP contribution in [0.4, 0.5) is 13.2 Å². The molecule has 3 nitrogen and oxygen atoms in total. The Kier molecular flexibility index (Phi) is 2.89. The Morgan fingerprint density at radius 3 is 2.41 bits per heavy atom. The molecule has 90 valence electrons. The van der Waals surface area contributed by atoms with Crippen LogP contribution in [-0.2, 0) is 6.61 Å². The first-order valence-electron chi connectivity index (χ1n) is 4.84. The van der Waals surface area contributed by atoms with Crippen LogP contribution in [0, 0.1) is 24.4 Å². The molecule has 1 heterocycles. The van der Waals surface area contributed by atoms with E-state index in [1.54, 1.807) is 6.92 Å². The normalized spacial score (nSPS) is 10.9. The molecule has 0 spiro atoms. The van der Waals surface area contributed by atoms with Crippen LogP contribution in [0.5, 0.6) is 0 Å². The second kappa shape index (κ2) is 4.21. The highest BCUT2D eigenvalue weighted by Crippen LogP contribution is 2.20. The van der Waals surface area contributed by atoms with Gasteiger partial charge in [-0.15, -0.1) is 0 Å². The quantitative estimate of drug-likeness (QED) is 0.819. The average molecular weight is 242 g/mol. The summed E-state index contributed by atoms with van der Waals surface area (Å²) >= 11 is 0. The van der Waals surface area contributed by atoms with Crippen molar-refractivity contribution in [1.29, 1.82) is 0 Å². The molecule has 0 unspecified atom stereocenters. The molecule has 0 amide bonds. The van der Waals surface area contributed by atoms with Gasteiger partial charge < -0.3 is 5.11 Å². The van der Waals surface area contributed by atoms with Crippen molar-refractivity contribution in [2.45, 2.75) is 13.5 Å². The van der Waals surface area contributed by atoms with Gasteiger partial charge in [-0.2, -0.15) is 5.10 Å². The van der Waals surface area contributed by atoms with E-state index < -0.39 is 17.5 Å². The second-order valence-corrected chi connectivity index (χ2v) is 3.54. The number of aromatic nitrogens is 2. The Morgan fingerprint density at radius 1 is 1.18 bits per heavy atom. The van der Waals surface area contributed by atoms with Crippen LogP contribution < -0.4 is 0 Å². The Labute approximate surface area is 95.1 Å². The molecule has 2 aromatic rings. The third-order valence-electron chi connectivity index (χ3n) is 2.50. The van der Waals surface area contributed by atoms with Gasteiger partial charge in [0.05, 0.1) is 12.8 Å². The van der Waals surface area contributed by atoms with Crippen molar-refractivity contribution >= 4 is 0 Å². The van der Waals surface area contributed by atoms with Crippen molar-refractivity contribution < 1.29 is 18.3 Å². The van der Waals surface area contributed by atoms with Gasteiger partial charge in [-0.1, -0.05) is 0 Å². The maximum absolute atomic E-state index is 13.5. The number of benzene rings is 1. The number of hydrogen-bond acceptors (Lipinski definition) is 2. The predicted molar refractivity (Wildman–Crippen MR) is 54.1 cm³/mol. The van der Waals surface area contributed by atoms with E-state index in [-0.39, 0.29) is 12.3 Å². The van der Waals surface area contributed by atoms with Crippen LogP contribution in [0.25, 0.3) is 5.69 Å². The summed E-state index contributed by atoms with van der Waals surface area (Å²) in [7, 11) is 0. The zero-order valence-corrected chi connectivity index (χ0v) is 8.91. The molecule has 0 saturated carbocycles. The molecule has 1 N–H and O–H groups in total. The average Bonchev–Trinajstić information content (AvgIpc) is 2.65. The van der Waals surface area contributed by atoms with E-state index in [1.807, 2.05) is 0 Å². The van der Waals surface area contributed by atoms with Crippen molar-refractivity contribution in [2.75, 3.05) is 0 Å². The Hall–Kier alpha value is -1.82. The smallest absolute Gasteiger partial charge is 0.161 e. The summed E-state index contributed by atoms with van der Waals surface area (Å²) in [5.74, 6) is -3.32. The number of aliphatic hydroxyl groups is 1. The minimum atomic E-state index is -1.25. The molecule has 0 radical (unpaired) electrons. The van der Waals surface area contributed by atoms with Crippen LogP contribution in [-0.4, -0.2) is 14.9 Å². The van der Waals surface area contributed by atoms with Crippen molar-refractivity contribution in [3.8, 4) is 5.69 Å². The molecule has 0 bridgehead atoms. The third-order valence-corrected chi connectivity index (χ3v) is 2.50. The van der Waals surface area contributed by atoms with E-state index in [0.717, 1.165) is 10.7 Å². The van der Waals surface area contributed by atoms with Gasteiger partial charge in [-0.25, -0.2) is 17.9 Å². The maximum atomic E-state index is 13.5. The minimum absolute atomic E-state index is 0.193. The van der Waals surface area contributed by atoms with Gasteiger partial charge in [0.1, 0.15) is 5.69 Å². The van der Waals surface area contributed by atoms with Gasteiger partial charge in [0.25, 0.3) is 0 Å². The lowest BCUT2D eigenvalue weighted by molar-refractivity contribution is 0.281. The first kappa shape index (κ1) is 11.7. The lowest BCUT2D eigenvalue weighted by atomic mass is 10.2. The summed E-state index contributed by atoms with van der Waals surface area (Å²) in [6, 6.07) is 1.19. The summed E-state index contributed by atoms with van der Waals surface area (Å²) in [5.41, 5.74) is 0.771. The first-order chi connectivity index (χ1) is 8.04. The van der Waals surface area contributed by atoms with Crippen molar-refractivity contribution in [3.63, 3.8) is 0 Å². The van der Waals surface area contributed by atoms with Gasteiger partial charge in [0, 0.05) is 23.4 Å². The zero-order chi connectivity index (χ0) is 12.6. The predicted octanol–water partition coefficient (Wildman–Crippen LogP) is 2.09. The van der Waals surface area contributed by atoms with Gasteiger partial charge in [0.15, 0.2) is 17.5 Å². The largest absolute Gasteiger partial charge is 0.392 e. The minimum Gasteiger partial charge on any atom is -0.392 e. The SMILES string of the molecule is Cc1c(CO)cnn1-c1cc(F)c(F)cc1F. The van der Waals surface area contributed by atoms with Crippen LogP contribution in [0.1, 0.15) is 11.3 Å². The van der Waals surface area contributed by atoms with E-state index in [4.69, 9.17) is 5.11 Å². The highest BCUT2D eigenvalue weighted by Gasteiger charge is 2.15. The number of aliphatic hydroxyl groups excluding tert-OH is 1. The molecule has 6 heteroatoms. The fourth-order valence-corrected chi connectivity index (χ4v) is 1.52. The van der Waals surface area contributed by atoms with Crippen molar-refractivity contribution in [2.24, 2.45) is 0 Å². The molecule has 0 saturated heterocycles. The third kappa shape index (κ3) is 1.91. The maximum Gasteiger partial charge on any atom is 0.161 e. The molecule has 0 atom stereocenters. The van der Waals surface area contributed by atoms with E-state index in [2.05, 4.69) is 5.10 Å². The topological polar surface area (TPSA) is 38.1 Å². The number of rotatable bonds is 2. The zero-order valence-electron chi connectivity index (χ0n) is 8.91. The number of halogens is 3. The molecular weight excluding hydrogens is 233 g/mol. The summed E-state index contributed by atoms with van der Waals surface area (Å²) < 4.78 is 40.4. The molecule has 0 aliphatic heterocycles. The molecule has 0 aliphatic carbocycles. The van der Waals surface area contributed by atoms with E-state index >= 15 is 0 Å². The van der Waals surface area contributed by atoms with Crippen LogP contribution in [0.2, 0.25) is 0 Å². The lowest BCUT2D eigenvalue weighted by Gasteiger charge is -2.07. The Bertz CT molecular complexity index is 566. The highest BCUT2D eigenvalue weighted by molar-refractivity contribution is 5.37. The van der Waals surface area contributed by atoms with Crippen molar-refractivity contribution in [1.82, 2.24) is 9.78 Å². The van der Waals surface area contributed by atoms with Crippen LogP contribution in [0.15, 0.2) is 18.3 Å². The molecule has 0 fully saturated rings. The second-order valence-electron chi connectivity index (χ2n) is 3.54. The molecule has 0 aliphatic rings. The molecule has 1 aromatic carbocycles. The highest BCUT2D eigenvalue weighted by atomic mass is 19.2. The van der Waals surface area contributed by atoms with Crippen LogP contribution in [0.3, 0.4) is 0 Å². The molecular formula is C11H9F3N2O. The van der Waals surface area contributed by atoms with Gasteiger partial charge >= 0.3 is 0 Å². The summed E-state index contributed by atoms with van der Waals surface area (Å²) in [6.07, 6.45) is 1.34. The monoisotopic (exact) mass is 242 g/mol. The van der Waals surface area contributed by atoms with Crippen molar-refractivity contribution in [3.05, 3.63) is 47.0 Å². The van der Waals surface area contributed by atoms with E-state index in [1.165, 1.54) is 6.20 Å². The Morgan fingerprint density at radius 2 is 1.82 bits per heavy atom. The van der Waals surface area contributed by atoms with Gasteiger partial charge in [0.2, 0.25) is 0 Å². The fourth-order valence-electron chi connectivity index (χ4n) is 1.52. The van der Waals surface area contributed by atoms with Crippen LogP contribution >= 0.6 is 0 Å². The molecule has 1 aromatic heterocycles. The van der Waals surface area contributed by atoms with Gasteiger partial charge in [-0.3, -0.25) is 0 Å². The fraction of sp³-hybridized carbons (Fsp3) is 0.182. The standard InChI is InChI=1S/C11H9F3N2O/c1-6-7(5-17)4-15-16(6)11-3-9(13)8(12)2-10(11)14/h2-4,17H,5H2,1H3. The van der Waals surface area contributed by atoms with Gasteiger partial charge in [-0.05, 0) is 6.92 Å². The summed E-state index contributed by atoms with van der Waals surface area (Å²) in [6.45, 7) is 1.34. The number of hydrogen-bond donors (Lipinski definition) is 1. The first-order valence-corrected chi connectivity index (χ1v) is 4.84. The molecule has 17 heavy (non-hydrogen) atoms. The lowest BCUT2D eigenvalue weighted by Crippen LogP contribution is -2.04. The van der Waals surface area contributed by atoms with E-state index in [0.29, 0.717) is 17.3 Å². The Balaban J connectivity index is 2.60. The van der Waals surface area contributed by atoms with E-state index in [9.17, 15) is 13.2 Å². The summed E-state index contributed by atoms with van der Waals surface area (Å²) in [4.78, 5) is 0. The number of nitrogens with zero attached hydrogens (tertiary/aromatic N) is 2. The molecule has 2 rings (SSSR count).